The molecule has 0 amide bonds. The lowest BCUT2D eigenvalue weighted by atomic mass is 10.1. The molecule has 1 rings (SSSR count). The fourth-order valence-electron chi connectivity index (χ4n) is 1.10. The Hall–Kier alpha value is -1.96. The van der Waals surface area contributed by atoms with Crippen molar-refractivity contribution < 1.29 is 38.0 Å². The minimum absolute atomic E-state index is 0.550. The molecule has 94 valence electrons. The van der Waals surface area contributed by atoms with E-state index < -0.39 is 35.5 Å². The third-order valence-electron chi connectivity index (χ3n) is 1.75. The standard InChI is InChI=1S/C9H7F3O5/c10-9(11,12)17-6-3-4(13)1-2-5(6)7(14)8(15)16/h1-3,7,13-14H,(H,15,16). The molecule has 1 aromatic rings. The Morgan fingerprint density at radius 3 is 2.41 bits per heavy atom. The summed E-state index contributed by atoms with van der Waals surface area (Å²) in [5.41, 5.74) is -0.604. The van der Waals surface area contributed by atoms with Crippen molar-refractivity contribution in [3.8, 4) is 11.5 Å². The van der Waals surface area contributed by atoms with E-state index in [1.165, 1.54) is 0 Å². The second-order valence-electron chi connectivity index (χ2n) is 3.01. The van der Waals surface area contributed by atoms with Gasteiger partial charge in [-0.2, -0.15) is 0 Å². The van der Waals surface area contributed by atoms with Crippen molar-refractivity contribution in [3.05, 3.63) is 23.8 Å². The summed E-state index contributed by atoms with van der Waals surface area (Å²) in [5.74, 6) is -3.25. The number of hydrogen-bond donors (Lipinski definition) is 3. The third-order valence-corrected chi connectivity index (χ3v) is 1.75. The molecule has 1 unspecified atom stereocenters. The lowest BCUT2D eigenvalue weighted by Crippen LogP contribution is -2.20. The number of alkyl halides is 3. The number of hydrogen-bond acceptors (Lipinski definition) is 4. The molecule has 0 aliphatic carbocycles. The van der Waals surface area contributed by atoms with Gasteiger partial charge in [-0.25, -0.2) is 4.79 Å². The average Bonchev–Trinajstić information content (AvgIpc) is 2.14. The van der Waals surface area contributed by atoms with Crippen LogP contribution in [0.15, 0.2) is 18.2 Å². The molecule has 0 aliphatic rings. The number of carboxylic acids is 1. The van der Waals surface area contributed by atoms with E-state index in [4.69, 9.17) is 15.3 Å². The number of ether oxygens (including phenoxy) is 1. The molecule has 1 aromatic carbocycles. The summed E-state index contributed by atoms with van der Waals surface area (Å²) in [4.78, 5) is 10.5. The van der Waals surface area contributed by atoms with E-state index in [2.05, 4.69) is 4.74 Å². The maximum Gasteiger partial charge on any atom is 0.573 e. The van der Waals surface area contributed by atoms with Gasteiger partial charge in [-0.1, -0.05) is 0 Å². The minimum Gasteiger partial charge on any atom is -0.508 e. The summed E-state index contributed by atoms with van der Waals surface area (Å²) in [6, 6.07) is 2.33. The fourth-order valence-corrected chi connectivity index (χ4v) is 1.10. The summed E-state index contributed by atoms with van der Waals surface area (Å²) in [7, 11) is 0. The zero-order valence-corrected chi connectivity index (χ0v) is 8.10. The van der Waals surface area contributed by atoms with Gasteiger partial charge in [-0.3, -0.25) is 0 Å². The van der Waals surface area contributed by atoms with Crippen LogP contribution in [0.4, 0.5) is 13.2 Å². The Kier molecular flexibility index (Phi) is 3.47. The summed E-state index contributed by atoms with van der Waals surface area (Å²) in [5, 5.41) is 26.6. The summed E-state index contributed by atoms with van der Waals surface area (Å²) >= 11 is 0. The van der Waals surface area contributed by atoms with Gasteiger partial charge in [0.2, 0.25) is 0 Å². The van der Waals surface area contributed by atoms with Gasteiger partial charge in [0.25, 0.3) is 0 Å². The molecule has 0 spiro atoms. The van der Waals surface area contributed by atoms with Crippen LogP contribution in [-0.4, -0.2) is 27.7 Å². The summed E-state index contributed by atoms with van der Waals surface area (Å²) in [6.07, 6.45) is -7.23. The molecule has 0 bridgehead atoms. The minimum atomic E-state index is -5.05. The molecule has 8 heteroatoms. The van der Waals surface area contributed by atoms with Gasteiger partial charge < -0.3 is 20.1 Å². The molecule has 0 saturated carbocycles. The van der Waals surface area contributed by atoms with Crippen LogP contribution >= 0.6 is 0 Å². The number of benzene rings is 1. The first kappa shape index (κ1) is 13.1. The van der Waals surface area contributed by atoms with E-state index in [0.29, 0.717) is 6.07 Å². The van der Waals surface area contributed by atoms with Gasteiger partial charge in [-0.15, -0.1) is 13.2 Å². The molecule has 3 N–H and O–H groups in total. The third kappa shape index (κ3) is 3.52. The monoisotopic (exact) mass is 252 g/mol. The van der Waals surface area contributed by atoms with E-state index in [9.17, 15) is 18.0 Å². The number of aliphatic carboxylic acids is 1. The molecule has 17 heavy (non-hydrogen) atoms. The van der Waals surface area contributed by atoms with Gasteiger partial charge >= 0.3 is 12.3 Å². The normalized spacial score (nSPS) is 13.2. The number of halogens is 3. The lowest BCUT2D eigenvalue weighted by Gasteiger charge is -2.15. The highest BCUT2D eigenvalue weighted by molar-refractivity contribution is 5.75. The number of carboxylic acid groups (broad SMARTS) is 1. The number of aromatic hydroxyl groups is 1. The smallest absolute Gasteiger partial charge is 0.508 e. The molecular weight excluding hydrogens is 245 g/mol. The van der Waals surface area contributed by atoms with Crippen LogP contribution in [-0.2, 0) is 4.79 Å². The van der Waals surface area contributed by atoms with Crippen molar-refractivity contribution in [2.24, 2.45) is 0 Å². The summed E-state index contributed by atoms with van der Waals surface area (Å²) < 4.78 is 39.5. The maximum atomic E-state index is 12.0. The first-order chi connectivity index (χ1) is 7.70. The molecule has 0 fully saturated rings. The Morgan fingerprint density at radius 2 is 1.94 bits per heavy atom. The van der Waals surface area contributed by atoms with Crippen LogP contribution < -0.4 is 4.74 Å². The van der Waals surface area contributed by atoms with Crippen molar-refractivity contribution in [1.29, 1.82) is 0 Å². The van der Waals surface area contributed by atoms with Crippen molar-refractivity contribution in [3.63, 3.8) is 0 Å². The quantitative estimate of drug-likeness (QED) is 0.757. The van der Waals surface area contributed by atoms with Crippen LogP contribution in [0, 0.1) is 0 Å². The molecule has 0 aliphatic heterocycles. The van der Waals surface area contributed by atoms with E-state index in [0.717, 1.165) is 12.1 Å². The zero-order chi connectivity index (χ0) is 13.2. The van der Waals surface area contributed by atoms with Crippen molar-refractivity contribution in [2.45, 2.75) is 12.5 Å². The van der Waals surface area contributed by atoms with Gasteiger partial charge in [0, 0.05) is 11.6 Å². The maximum absolute atomic E-state index is 12.0. The van der Waals surface area contributed by atoms with Gasteiger partial charge in [-0.05, 0) is 12.1 Å². The highest BCUT2D eigenvalue weighted by Gasteiger charge is 2.34. The van der Waals surface area contributed by atoms with Gasteiger partial charge in [0.05, 0.1) is 0 Å². The van der Waals surface area contributed by atoms with Crippen molar-refractivity contribution in [2.75, 3.05) is 0 Å². The molecule has 5 nitrogen and oxygen atoms in total. The number of aliphatic hydroxyl groups excluding tert-OH is 1. The summed E-state index contributed by atoms with van der Waals surface area (Å²) in [6.45, 7) is 0. The highest BCUT2D eigenvalue weighted by Crippen LogP contribution is 2.33. The molecule has 0 saturated heterocycles. The predicted molar refractivity (Wildman–Crippen MR) is 47.4 cm³/mol. The molecule has 0 heterocycles. The number of aliphatic hydroxyl groups is 1. The molecular formula is C9H7F3O5. The largest absolute Gasteiger partial charge is 0.573 e. The Bertz CT molecular complexity index is 429. The van der Waals surface area contributed by atoms with E-state index >= 15 is 0 Å². The molecule has 1 atom stereocenters. The second-order valence-corrected chi connectivity index (χ2v) is 3.01. The fraction of sp³-hybridized carbons (Fsp3) is 0.222. The van der Waals surface area contributed by atoms with Crippen LogP contribution in [0.25, 0.3) is 0 Å². The zero-order valence-electron chi connectivity index (χ0n) is 8.10. The van der Waals surface area contributed by atoms with Gasteiger partial charge in [0.15, 0.2) is 6.10 Å². The van der Waals surface area contributed by atoms with E-state index in [1.807, 2.05) is 0 Å². The van der Waals surface area contributed by atoms with Crippen LogP contribution in [0.3, 0.4) is 0 Å². The number of phenolic OH excluding ortho intramolecular Hbond substituents is 1. The number of rotatable bonds is 3. The Labute approximate surface area is 92.7 Å². The first-order valence-corrected chi connectivity index (χ1v) is 4.20. The lowest BCUT2D eigenvalue weighted by molar-refractivity contribution is -0.275. The molecule has 0 aromatic heterocycles. The SMILES string of the molecule is O=C(O)C(O)c1ccc(O)cc1OC(F)(F)F. The van der Waals surface area contributed by atoms with Gasteiger partial charge in [0.1, 0.15) is 11.5 Å². The first-order valence-electron chi connectivity index (χ1n) is 4.20. The predicted octanol–water partition coefficient (Wildman–Crippen LogP) is 1.41. The van der Waals surface area contributed by atoms with E-state index in [-0.39, 0.29) is 0 Å². The average molecular weight is 252 g/mol. The van der Waals surface area contributed by atoms with Crippen LogP contribution in [0.1, 0.15) is 11.7 Å². The molecule has 0 radical (unpaired) electrons. The number of carbonyl (C=O) groups is 1. The Morgan fingerprint density at radius 1 is 1.35 bits per heavy atom. The van der Waals surface area contributed by atoms with Crippen LogP contribution in [0.2, 0.25) is 0 Å². The van der Waals surface area contributed by atoms with Crippen LogP contribution in [0.5, 0.6) is 11.5 Å². The number of phenols is 1. The van der Waals surface area contributed by atoms with Crippen molar-refractivity contribution in [1.82, 2.24) is 0 Å². The Balaban J connectivity index is 3.17. The second kappa shape index (κ2) is 4.50. The van der Waals surface area contributed by atoms with Crippen molar-refractivity contribution >= 4 is 5.97 Å². The topological polar surface area (TPSA) is 87.0 Å². The highest BCUT2D eigenvalue weighted by atomic mass is 19.4. The van der Waals surface area contributed by atoms with E-state index in [1.54, 1.807) is 0 Å².